The van der Waals surface area contributed by atoms with Crippen LogP contribution in [-0.2, 0) is 6.54 Å². The number of nitrogens with zero attached hydrogens (tertiary/aromatic N) is 2. The smallest absolute Gasteiger partial charge is 0.0465 e. The molecule has 118 valence electrons. The van der Waals surface area contributed by atoms with Crippen molar-refractivity contribution in [2.75, 3.05) is 39.3 Å². The van der Waals surface area contributed by atoms with E-state index in [1.165, 1.54) is 18.5 Å². The van der Waals surface area contributed by atoms with Crippen LogP contribution in [-0.4, -0.2) is 55.1 Å². The first kappa shape index (κ1) is 17.3. The lowest BCUT2D eigenvalue weighted by atomic mass is 10.1. The summed E-state index contributed by atoms with van der Waals surface area (Å²) in [6.45, 7) is 7.82. The highest BCUT2D eigenvalue weighted by atomic mass is 35.5. The molecular formula is C15H22Cl3N3. The zero-order valence-corrected chi connectivity index (χ0v) is 14.4. The summed E-state index contributed by atoms with van der Waals surface area (Å²) >= 11 is 12.2. The Morgan fingerprint density at radius 1 is 1.14 bits per heavy atom. The molecule has 0 aliphatic carbocycles. The van der Waals surface area contributed by atoms with Crippen LogP contribution >= 0.6 is 35.6 Å². The topological polar surface area (TPSA) is 18.5 Å². The molecule has 21 heavy (non-hydrogen) atoms. The number of benzene rings is 1. The minimum Gasteiger partial charge on any atom is -0.315 e. The summed E-state index contributed by atoms with van der Waals surface area (Å²) in [5.41, 5.74) is 1.17. The molecule has 1 atom stereocenters. The van der Waals surface area contributed by atoms with E-state index in [0.717, 1.165) is 50.3 Å². The van der Waals surface area contributed by atoms with Crippen LogP contribution in [0.5, 0.6) is 0 Å². The van der Waals surface area contributed by atoms with Gasteiger partial charge >= 0.3 is 0 Å². The Labute approximate surface area is 143 Å². The lowest BCUT2D eigenvalue weighted by Crippen LogP contribution is -2.50. The molecule has 2 aliphatic heterocycles. The van der Waals surface area contributed by atoms with Gasteiger partial charge in [0.05, 0.1) is 0 Å². The maximum atomic E-state index is 6.25. The molecule has 0 amide bonds. The SMILES string of the molecule is Cl.Clc1ccc(CN2CCN(C3CCNC3)CC2)c(Cl)c1. The van der Waals surface area contributed by atoms with Crippen molar-refractivity contribution in [3.63, 3.8) is 0 Å². The largest absolute Gasteiger partial charge is 0.315 e. The summed E-state index contributed by atoms with van der Waals surface area (Å²) < 4.78 is 0. The van der Waals surface area contributed by atoms with Crippen molar-refractivity contribution in [2.45, 2.75) is 19.0 Å². The van der Waals surface area contributed by atoms with Crippen LogP contribution in [0.15, 0.2) is 18.2 Å². The maximum absolute atomic E-state index is 6.25. The molecule has 6 heteroatoms. The van der Waals surface area contributed by atoms with Crippen LogP contribution in [0, 0.1) is 0 Å². The quantitative estimate of drug-likeness (QED) is 0.904. The first-order valence-corrected chi connectivity index (χ1v) is 8.09. The van der Waals surface area contributed by atoms with Gasteiger partial charge in [-0.3, -0.25) is 9.80 Å². The predicted octanol–water partition coefficient (Wildman–Crippen LogP) is 2.89. The summed E-state index contributed by atoms with van der Waals surface area (Å²) in [6.07, 6.45) is 1.29. The average Bonchev–Trinajstić information content (AvgIpc) is 2.97. The summed E-state index contributed by atoms with van der Waals surface area (Å²) in [5, 5.41) is 4.93. The van der Waals surface area contributed by atoms with Crippen molar-refractivity contribution in [3.05, 3.63) is 33.8 Å². The summed E-state index contributed by atoms with van der Waals surface area (Å²) in [6, 6.07) is 6.54. The fraction of sp³-hybridized carbons (Fsp3) is 0.600. The van der Waals surface area contributed by atoms with E-state index in [0.29, 0.717) is 5.02 Å². The van der Waals surface area contributed by atoms with E-state index < -0.39 is 0 Å². The second-order valence-corrected chi connectivity index (χ2v) is 6.54. The minimum absolute atomic E-state index is 0. The van der Waals surface area contributed by atoms with E-state index >= 15 is 0 Å². The number of halogens is 3. The van der Waals surface area contributed by atoms with E-state index in [1.807, 2.05) is 18.2 Å². The highest BCUT2D eigenvalue weighted by molar-refractivity contribution is 6.35. The Hall–Kier alpha value is -0.0300. The van der Waals surface area contributed by atoms with Crippen LogP contribution in [0.25, 0.3) is 0 Å². The average molecular weight is 351 g/mol. The van der Waals surface area contributed by atoms with Gasteiger partial charge in [-0.05, 0) is 30.7 Å². The molecule has 0 bridgehead atoms. The zero-order valence-electron chi connectivity index (χ0n) is 12.0. The first-order valence-electron chi connectivity index (χ1n) is 7.33. The third-order valence-corrected chi connectivity index (χ3v) is 4.95. The van der Waals surface area contributed by atoms with Crippen molar-refractivity contribution in [1.82, 2.24) is 15.1 Å². The normalized spacial score (nSPS) is 24.0. The molecule has 2 heterocycles. The minimum atomic E-state index is 0. The lowest BCUT2D eigenvalue weighted by Gasteiger charge is -2.37. The standard InChI is InChI=1S/C15H21Cl2N3.ClH/c16-13-2-1-12(15(17)9-13)11-19-5-7-20(8-6-19)14-3-4-18-10-14;/h1-2,9,14,18H,3-8,10-11H2;1H. The molecule has 1 N–H and O–H groups in total. The van der Waals surface area contributed by atoms with Crippen LogP contribution < -0.4 is 5.32 Å². The highest BCUT2D eigenvalue weighted by Gasteiger charge is 2.26. The van der Waals surface area contributed by atoms with E-state index in [-0.39, 0.29) is 12.4 Å². The molecule has 3 nitrogen and oxygen atoms in total. The maximum Gasteiger partial charge on any atom is 0.0465 e. The molecule has 0 aromatic heterocycles. The summed E-state index contributed by atoms with van der Waals surface area (Å²) in [4.78, 5) is 5.11. The monoisotopic (exact) mass is 349 g/mol. The Morgan fingerprint density at radius 2 is 1.90 bits per heavy atom. The summed E-state index contributed by atoms with van der Waals surface area (Å²) in [5.74, 6) is 0. The lowest BCUT2D eigenvalue weighted by molar-refractivity contribution is 0.0981. The number of piperazine rings is 1. The van der Waals surface area contributed by atoms with Gasteiger partial charge in [0.15, 0.2) is 0 Å². The molecule has 2 fully saturated rings. The van der Waals surface area contributed by atoms with Crippen molar-refractivity contribution in [1.29, 1.82) is 0 Å². The first-order chi connectivity index (χ1) is 9.72. The van der Waals surface area contributed by atoms with E-state index in [9.17, 15) is 0 Å². The third-order valence-electron chi connectivity index (χ3n) is 4.37. The fourth-order valence-corrected chi connectivity index (χ4v) is 3.60. The Bertz CT molecular complexity index is 455. The molecule has 2 saturated heterocycles. The third kappa shape index (κ3) is 4.47. The number of hydrogen-bond acceptors (Lipinski definition) is 3. The van der Waals surface area contributed by atoms with E-state index in [4.69, 9.17) is 23.2 Å². The van der Waals surface area contributed by atoms with Gasteiger partial charge in [-0.15, -0.1) is 12.4 Å². The van der Waals surface area contributed by atoms with Gasteiger partial charge < -0.3 is 5.32 Å². The fourth-order valence-electron chi connectivity index (χ4n) is 3.13. The highest BCUT2D eigenvalue weighted by Crippen LogP contribution is 2.23. The molecular weight excluding hydrogens is 329 g/mol. The molecule has 3 rings (SSSR count). The van der Waals surface area contributed by atoms with Crippen LogP contribution in [0.3, 0.4) is 0 Å². The van der Waals surface area contributed by atoms with Crippen molar-refractivity contribution in [2.24, 2.45) is 0 Å². The molecule has 0 saturated carbocycles. The molecule has 1 unspecified atom stereocenters. The van der Waals surface area contributed by atoms with E-state index in [1.54, 1.807) is 0 Å². The van der Waals surface area contributed by atoms with Gasteiger partial charge in [0, 0.05) is 55.4 Å². The zero-order chi connectivity index (χ0) is 13.9. The van der Waals surface area contributed by atoms with Crippen molar-refractivity contribution >= 4 is 35.6 Å². The van der Waals surface area contributed by atoms with Crippen LogP contribution in [0.2, 0.25) is 10.0 Å². The van der Waals surface area contributed by atoms with Crippen LogP contribution in [0.1, 0.15) is 12.0 Å². The van der Waals surface area contributed by atoms with E-state index in [2.05, 4.69) is 15.1 Å². The van der Waals surface area contributed by atoms with Crippen molar-refractivity contribution < 1.29 is 0 Å². The van der Waals surface area contributed by atoms with Gasteiger partial charge in [0.2, 0.25) is 0 Å². The van der Waals surface area contributed by atoms with Crippen molar-refractivity contribution in [3.8, 4) is 0 Å². The summed E-state index contributed by atoms with van der Waals surface area (Å²) in [7, 11) is 0. The van der Waals surface area contributed by atoms with Gasteiger partial charge in [0.25, 0.3) is 0 Å². The molecule has 1 aromatic carbocycles. The van der Waals surface area contributed by atoms with Crippen LogP contribution in [0.4, 0.5) is 0 Å². The van der Waals surface area contributed by atoms with Gasteiger partial charge in [-0.25, -0.2) is 0 Å². The molecule has 0 spiro atoms. The molecule has 2 aliphatic rings. The van der Waals surface area contributed by atoms with Gasteiger partial charge in [0.1, 0.15) is 0 Å². The van der Waals surface area contributed by atoms with Gasteiger partial charge in [-0.1, -0.05) is 29.3 Å². The Balaban J connectivity index is 0.00000161. The number of hydrogen-bond donors (Lipinski definition) is 1. The van der Waals surface area contributed by atoms with Gasteiger partial charge in [-0.2, -0.15) is 0 Å². The number of rotatable bonds is 3. The number of nitrogens with one attached hydrogen (secondary N) is 1. The second kappa shape index (κ2) is 8.00. The Kier molecular flexibility index (Phi) is 6.60. The molecule has 0 radical (unpaired) electrons. The Morgan fingerprint density at radius 3 is 2.52 bits per heavy atom. The molecule has 1 aromatic rings. The second-order valence-electron chi connectivity index (χ2n) is 5.69. The predicted molar refractivity (Wildman–Crippen MR) is 91.8 cm³/mol.